The van der Waals surface area contributed by atoms with Crippen LogP contribution in [0.1, 0.15) is 57.5 Å². The topological polar surface area (TPSA) is 104 Å². The number of alkyl halides is 1. The summed E-state index contributed by atoms with van der Waals surface area (Å²) in [5.74, 6) is 0. The number of hydrogen-bond donors (Lipinski definition) is 2. The number of rotatable bonds is 8. The second-order valence-corrected chi connectivity index (χ2v) is 12.4. The van der Waals surface area contributed by atoms with E-state index < -0.39 is 18.3 Å². The molecule has 0 aliphatic heterocycles. The monoisotopic (exact) mass is 570 g/mol. The molecule has 0 bridgehead atoms. The third-order valence-electron chi connectivity index (χ3n) is 6.93. The Morgan fingerprint density at radius 1 is 1.10 bits per heavy atom. The number of halogens is 2. The van der Waals surface area contributed by atoms with Crippen LogP contribution in [-0.2, 0) is 5.54 Å². The molecule has 0 aliphatic carbocycles. The molecule has 5 aromatic rings. The molecule has 3 heterocycles. The molecule has 0 fully saturated rings. The number of hydrogen-bond acceptors (Lipinski definition) is 7. The largest absolute Gasteiger partial charge is 0.383 e. The van der Waals surface area contributed by atoms with Crippen LogP contribution in [0.2, 0.25) is 5.02 Å². The summed E-state index contributed by atoms with van der Waals surface area (Å²) in [5, 5.41) is 28.8. The first kappa shape index (κ1) is 28.2. The Bertz CT molecular complexity index is 1760. The number of anilines is 2. The van der Waals surface area contributed by atoms with Gasteiger partial charge in [-0.1, -0.05) is 55.8 Å². The second kappa shape index (κ2) is 10.9. The standard InChI is InChI=1S/C31H32ClFN8/c1-30(2,3)18-37-27-20(13-34)15-36-28-24(27)11-21(12-25(28)32)38-29(26-16-41(40-39-26)31(4,5)17-33)23-8-6-7-19-14-35-10-9-22(19)23/h6-12,14-16,29,38H,17-18H2,1-5H3,(H,36,37). The van der Waals surface area contributed by atoms with Crippen LogP contribution >= 0.6 is 11.6 Å². The molecule has 1 atom stereocenters. The molecule has 10 heteroatoms. The lowest BCUT2D eigenvalue weighted by atomic mass is 9.96. The van der Waals surface area contributed by atoms with Gasteiger partial charge in [0.1, 0.15) is 18.4 Å². The lowest BCUT2D eigenvalue weighted by Crippen LogP contribution is -2.29. The number of fused-ring (bicyclic) bond motifs is 2. The van der Waals surface area contributed by atoms with Crippen molar-refractivity contribution in [3.05, 3.63) is 83.0 Å². The van der Waals surface area contributed by atoms with Gasteiger partial charge >= 0.3 is 0 Å². The molecule has 0 aliphatic rings. The minimum atomic E-state index is -0.849. The van der Waals surface area contributed by atoms with Crippen LogP contribution in [0.15, 0.2) is 61.2 Å². The lowest BCUT2D eigenvalue weighted by molar-refractivity contribution is 0.232. The summed E-state index contributed by atoms with van der Waals surface area (Å²) in [6, 6.07) is 13.5. The molecule has 3 aromatic heterocycles. The van der Waals surface area contributed by atoms with Gasteiger partial charge in [0.05, 0.1) is 39.6 Å². The number of pyridine rings is 2. The quantitative estimate of drug-likeness (QED) is 0.202. The van der Waals surface area contributed by atoms with Crippen LogP contribution in [0.5, 0.6) is 0 Å². The third-order valence-corrected chi connectivity index (χ3v) is 7.22. The molecule has 0 radical (unpaired) electrons. The molecular weight excluding hydrogens is 539 g/mol. The molecule has 5 rings (SSSR count). The first-order chi connectivity index (χ1) is 19.5. The average Bonchev–Trinajstić information content (AvgIpc) is 3.45. The van der Waals surface area contributed by atoms with E-state index in [1.807, 2.05) is 42.6 Å². The smallest absolute Gasteiger partial charge is 0.114 e. The maximum atomic E-state index is 13.8. The van der Waals surface area contributed by atoms with Gasteiger partial charge in [0.15, 0.2) is 0 Å². The highest BCUT2D eigenvalue weighted by atomic mass is 35.5. The fraction of sp³-hybridized carbons (Fsp3) is 0.323. The Hall–Kier alpha value is -4.29. The average molecular weight is 571 g/mol. The molecule has 0 saturated heterocycles. The van der Waals surface area contributed by atoms with Crippen LogP contribution in [0.3, 0.4) is 0 Å². The van der Waals surface area contributed by atoms with Crippen molar-refractivity contribution < 1.29 is 4.39 Å². The van der Waals surface area contributed by atoms with Gasteiger partial charge in [-0.25, -0.2) is 9.07 Å². The van der Waals surface area contributed by atoms with Crippen LogP contribution in [0.4, 0.5) is 15.8 Å². The fourth-order valence-electron chi connectivity index (χ4n) is 4.61. The second-order valence-electron chi connectivity index (χ2n) is 12.0. The molecule has 2 N–H and O–H groups in total. The van der Waals surface area contributed by atoms with E-state index in [4.69, 9.17) is 11.6 Å². The van der Waals surface area contributed by atoms with Gasteiger partial charge in [-0.3, -0.25) is 9.97 Å². The Morgan fingerprint density at radius 2 is 1.90 bits per heavy atom. The molecule has 0 amide bonds. The summed E-state index contributed by atoms with van der Waals surface area (Å²) in [6.07, 6.45) is 6.88. The minimum Gasteiger partial charge on any atom is -0.383 e. The molecule has 0 saturated carbocycles. The summed E-state index contributed by atoms with van der Waals surface area (Å²) in [4.78, 5) is 8.76. The van der Waals surface area contributed by atoms with Crippen molar-refractivity contribution in [2.75, 3.05) is 23.9 Å². The number of nitrogens with zero attached hydrogens (tertiary/aromatic N) is 6. The van der Waals surface area contributed by atoms with E-state index >= 15 is 0 Å². The summed E-state index contributed by atoms with van der Waals surface area (Å²) >= 11 is 6.78. The predicted molar refractivity (Wildman–Crippen MR) is 162 cm³/mol. The highest BCUT2D eigenvalue weighted by Gasteiger charge is 2.26. The minimum absolute atomic E-state index is 0.0183. The number of benzene rings is 2. The SMILES string of the molecule is CC(C)(C)CNc1c(C#N)cnc2c(Cl)cc(NC(c3cn(C(C)(C)CF)nn3)c3cccc4cnccc34)cc12. The predicted octanol–water partition coefficient (Wildman–Crippen LogP) is 7.26. The van der Waals surface area contributed by atoms with Gasteiger partial charge in [-0.05, 0) is 48.4 Å². The maximum absolute atomic E-state index is 13.8. The zero-order chi connectivity index (χ0) is 29.4. The van der Waals surface area contributed by atoms with E-state index in [1.54, 1.807) is 37.1 Å². The first-order valence-electron chi connectivity index (χ1n) is 13.3. The van der Waals surface area contributed by atoms with E-state index in [-0.39, 0.29) is 5.41 Å². The first-order valence-corrected chi connectivity index (χ1v) is 13.7. The molecule has 1 unspecified atom stereocenters. The molecule has 2 aromatic carbocycles. The van der Waals surface area contributed by atoms with Gasteiger partial charge in [0.2, 0.25) is 0 Å². The van der Waals surface area contributed by atoms with Crippen molar-refractivity contribution in [2.24, 2.45) is 5.41 Å². The van der Waals surface area contributed by atoms with Crippen LogP contribution < -0.4 is 10.6 Å². The van der Waals surface area contributed by atoms with Gasteiger partial charge in [-0.15, -0.1) is 5.10 Å². The van der Waals surface area contributed by atoms with Gasteiger partial charge in [0.25, 0.3) is 0 Å². The van der Waals surface area contributed by atoms with E-state index in [0.717, 1.165) is 21.7 Å². The summed E-state index contributed by atoms with van der Waals surface area (Å²) < 4.78 is 15.4. The molecule has 0 spiro atoms. The van der Waals surface area contributed by atoms with Crippen LogP contribution in [0, 0.1) is 16.7 Å². The highest BCUT2D eigenvalue weighted by Crippen LogP contribution is 2.37. The van der Waals surface area contributed by atoms with Crippen molar-refractivity contribution >= 4 is 44.7 Å². The number of aromatic nitrogens is 5. The Labute approximate surface area is 243 Å². The number of nitriles is 1. The van der Waals surface area contributed by atoms with Crippen molar-refractivity contribution in [2.45, 2.75) is 46.2 Å². The summed E-state index contributed by atoms with van der Waals surface area (Å²) in [5.41, 5.74) is 3.10. The zero-order valence-corrected chi connectivity index (χ0v) is 24.5. The lowest BCUT2D eigenvalue weighted by Gasteiger charge is -2.23. The van der Waals surface area contributed by atoms with Crippen LogP contribution in [-0.4, -0.2) is 38.2 Å². The molecule has 41 heavy (non-hydrogen) atoms. The van der Waals surface area contributed by atoms with E-state index in [9.17, 15) is 9.65 Å². The normalized spacial score (nSPS) is 12.8. The van der Waals surface area contributed by atoms with Crippen molar-refractivity contribution in [3.63, 3.8) is 0 Å². The van der Waals surface area contributed by atoms with E-state index in [1.165, 1.54) is 0 Å². The van der Waals surface area contributed by atoms with Gasteiger partial charge < -0.3 is 10.6 Å². The van der Waals surface area contributed by atoms with Crippen molar-refractivity contribution in [1.82, 2.24) is 25.0 Å². The van der Waals surface area contributed by atoms with Gasteiger partial charge in [0, 0.05) is 41.6 Å². The fourth-order valence-corrected chi connectivity index (χ4v) is 4.88. The Morgan fingerprint density at radius 3 is 2.63 bits per heavy atom. The molecule has 8 nitrogen and oxygen atoms in total. The Kier molecular flexibility index (Phi) is 7.54. The Balaban J connectivity index is 1.66. The van der Waals surface area contributed by atoms with Gasteiger partial charge in [-0.2, -0.15) is 5.26 Å². The summed E-state index contributed by atoms with van der Waals surface area (Å²) in [7, 11) is 0. The summed E-state index contributed by atoms with van der Waals surface area (Å²) in [6.45, 7) is 9.97. The van der Waals surface area contributed by atoms with E-state index in [2.05, 4.69) is 57.8 Å². The van der Waals surface area contributed by atoms with Crippen molar-refractivity contribution in [1.29, 1.82) is 5.26 Å². The molecular formula is C31H32ClFN8. The highest BCUT2D eigenvalue weighted by molar-refractivity contribution is 6.35. The third kappa shape index (κ3) is 5.79. The maximum Gasteiger partial charge on any atom is 0.114 e. The van der Waals surface area contributed by atoms with Crippen molar-refractivity contribution in [3.8, 4) is 6.07 Å². The van der Waals surface area contributed by atoms with E-state index in [0.29, 0.717) is 39.7 Å². The zero-order valence-electron chi connectivity index (χ0n) is 23.7. The van der Waals surface area contributed by atoms with Crippen LogP contribution in [0.25, 0.3) is 21.7 Å². The number of nitrogens with one attached hydrogen (secondary N) is 2. The molecule has 210 valence electrons.